The molecule has 5 nitrogen and oxygen atoms in total. The normalized spacial score (nSPS) is 17.5. The van der Waals surface area contributed by atoms with E-state index in [0.717, 1.165) is 38.5 Å². The van der Waals surface area contributed by atoms with Crippen LogP contribution in [0.25, 0.3) is 0 Å². The summed E-state index contributed by atoms with van der Waals surface area (Å²) in [7, 11) is 0. The topological polar surface area (TPSA) is 78.4 Å². The summed E-state index contributed by atoms with van der Waals surface area (Å²) in [6.45, 7) is 5.48. The lowest BCUT2D eigenvalue weighted by Crippen LogP contribution is -2.44. The number of nitrogens with one attached hydrogen (secondary N) is 2. The van der Waals surface area contributed by atoms with Gasteiger partial charge < -0.3 is 15.7 Å². The van der Waals surface area contributed by atoms with Gasteiger partial charge >= 0.3 is 12.0 Å². The number of aliphatic carboxylic acids is 1. The van der Waals surface area contributed by atoms with E-state index in [-0.39, 0.29) is 17.9 Å². The maximum atomic E-state index is 11.8. The smallest absolute Gasteiger partial charge is 0.314 e. The molecule has 122 valence electrons. The minimum atomic E-state index is -0.768. The third kappa shape index (κ3) is 7.34. The van der Waals surface area contributed by atoms with Crippen LogP contribution < -0.4 is 10.6 Å². The quantitative estimate of drug-likeness (QED) is 0.602. The molecule has 0 aromatic heterocycles. The Morgan fingerprint density at radius 2 is 1.81 bits per heavy atom. The number of carbonyl (C=O) groups excluding carboxylic acids is 1. The summed E-state index contributed by atoms with van der Waals surface area (Å²) in [4.78, 5) is 22.9. The molecule has 0 heterocycles. The molecule has 0 aromatic rings. The van der Waals surface area contributed by atoms with Gasteiger partial charge in [-0.15, -0.1) is 0 Å². The van der Waals surface area contributed by atoms with Gasteiger partial charge in [-0.2, -0.15) is 0 Å². The van der Waals surface area contributed by atoms with Crippen LogP contribution in [0, 0.1) is 11.3 Å². The second-order valence-electron chi connectivity index (χ2n) is 6.78. The highest BCUT2D eigenvalue weighted by atomic mass is 16.4. The number of hydrogen-bond acceptors (Lipinski definition) is 2. The van der Waals surface area contributed by atoms with Crippen molar-refractivity contribution in [2.45, 2.75) is 65.2 Å². The number of carboxylic acid groups (broad SMARTS) is 1. The fourth-order valence-electron chi connectivity index (χ4n) is 3.08. The number of carbonyl (C=O) groups is 2. The molecule has 0 atom stereocenters. The molecule has 1 rings (SSSR count). The number of urea groups is 1. The second-order valence-corrected chi connectivity index (χ2v) is 6.78. The molecule has 2 amide bonds. The minimum absolute atomic E-state index is 0.153. The fourth-order valence-corrected chi connectivity index (χ4v) is 3.08. The zero-order chi connectivity index (χ0) is 15.7. The van der Waals surface area contributed by atoms with Gasteiger partial charge in [0.2, 0.25) is 0 Å². The highest BCUT2D eigenvalue weighted by molar-refractivity contribution is 5.74. The van der Waals surface area contributed by atoms with Crippen LogP contribution >= 0.6 is 0 Å². The molecule has 3 N–H and O–H groups in total. The molecule has 0 aromatic carbocycles. The molecule has 5 heteroatoms. The van der Waals surface area contributed by atoms with Gasteiger partial charge in [0, 0.05) is 13.1 Å². The largest absolute Gasteiger partial charge is 0.481 e. The average molecular weight is 298 g/mol. The molecule has 0 aliphatic heterocycles. The minimum Gasteiger partial charge on any atom is -0.481 e. The number of hydrogen-bond donors (Lipinski definition) is 3. The van der Waals surface area contributed by atoms with Crippen molar-refractivity contribution in [2.24, 2.45) is 11.3 Å². The molecular weight excluding hydrogens is 268 g/mol. The van der Waals surface area contributed by atoms with E-state index in [2.05, 4.69) is 24.5 Å². The molecule has 0 unspecified atom stereocenters. The van der Waals surface area contributed by atoms with E-state index in [1.807, 2.05) is 0 Å². The Morgan fingerprint density at radius 3 is 2.38 bits per heavy atom. The number of carboxylic acids is 1. The SMILES string of the molecule is CC(C)CCCNC(=O)NCC1(CC(=O)O)CCCCC1. The van der Waals surface area contributed by atoms with Gasteiger partial charge in [0.25, 0.3) is 0 Å². The summed E-state index contributed by atoms with van der Waals surface area (Å²) in [5, 5.41) is 14.8. The standard InChI is InChI=1S/C16H30N2O3/c1-13(2)7-6-10-17-15(21)18-12-16(11-14(19)20)8-4-3-5-9-16/h13H,3-12H2,1-2H3,(H,19,20)(H2,17,18,21). The lowest BCUT2D eigenvalue weighted by molar-refractivity contribution is -0.140. The molecule has 0 bridgehead atoms. The molecule has 21 heavy (non-hydrogen) atoms. The molecule has 0 radical (unpaired) electrons. The summed E-state index contributed by atoms with van der Waals surface area (Å²) in [5.74, 6) is -0.119. The lowest BCUT2D eigenvalue weighted by atomic mass is 9.72. The summed E-state index contributed by atoms with van der Waals surface area (Å²) in [6, 6.07) is -0.172. The Labute approximate surface area is 127 Å². The highest BCUT2D eigenvalue weighted by Gasteiger charge is 2.34. The van der Waals surface area contributed by atoms with Crippen molar-refractivity contribution in [3.8, 4) is 0 Å². The van der Waals surface area contributed by atoms with Crippen LogP contribution in [0.1, 0.15) is 65.2 Å². The Kier molecular flexibility index (Phi) is 7.54. The first-order valence-corrected chi connectivity index (χ1v) is 8.17. The van der Waals surface area contributed by atoms with E-state index in [1.165, 1.54) is 6.42 Å². The fraction of sp³-hybridized carbons (Fsp3) is 0.875. The van der Waals surface area contributed by atoms with Crippen molar-refractivity contribution in [1.82, 2.24) is 10.6 Å². The first-order valence-electron chi connectivity index (χ1n) is 8.17. The van der Waals surface area contributed by atoms with E-state index in [9.17, 15) is 9.59 Å². The molecule has 1 saturated carbocycles. The third-order valence-corrected chi connectivity index (χ3v) is 4.31. The Hall–Kier alpha value is -1.26. The molecule has 1 aliphatic rings. The van der Waals surface area contributed by atoms with Crippen LogP contribution in [-0.4, -0.2) is 30.2 Å². The number of rotatable bonds is 8. The molecule has 0 saturated heterocycles. The van der Waals surface area contributed by atoms with Crippen LogP contribution in [0.15, 0.2) is 0 Å². The van der Waals surface area contributed by atoms with Crippen molar-refractivity contribution in [3.63, 3.8) is 0 Å². The van der Waals surface area contributed by atoms with Gasteiger partial charge in [-0.3, -0.25) is 4.79 Å². The van der Waals surface area contributed by atoms with Crippen LogP contribution in [-0.2, 0) is 4.79 Å². The molecule has 0 spiro atoms. The first-order chi connectivity index (χ1) is 9.93. The van der Waals surface area contributed by atoms with Crippen LogP contribution in [0.4, 0.5) is 4.79 Å². The summed E-state index contributed by atoms with van der Waals surface area (Å²) in [5.41, 5.74) is -0.251. The van der Waals surface area contributed by atoms with Gasteiger partial charge in [0.05, 0.1) is 6.42 Å². The van der Waals surface area contributed by atoms with Gasteiger partial charge in [-0.1, -0.05) is 33.1 Å². The molecule has 1 aliphatic carbocycles. The van der Waals surface area contributed by atoms with Gasteiger partial charge in [0.1, 0.15) is 0 Å². The predicted octanol–water partition coefficient (Wildman–Crippen LogP) is 3.15. The van der Waals surface area contributed by atoms with Crippen molar-refractivity contribution < 1.29 is 14.7 Å². The van der Waals surface area contributed by atoms with Crippen LogP contribution in [0.3, 0.4) is 0 Å². The van der Waals surface area contributed by atoms with Crippen molar-refractivity contribution in [2.75, 3.05) is 13.1 Å². The number of amides is 2. The van der Waals surface area contributed by atoms with Crippen LogP contribution in [0.5, 0.6) is 0 Å². The first kappa shape index (κ1) is 17.8. The Balaban J connectivity index is 2.31. The summed E-state index contributed by atoms with van der Waals surface area (Å²) < 4.78 is 0. The van der Waals surface area contributed by atoms with Crippen molar-refractivity contribution in [3.05, 3.63) is 0 Å². The monoisotopic (exact) mass is 298 g/mol. The third-order valence-electron chi connectivity index (χ3n) is 4.31. The van der Waals surface area contributed by atoms with E-state index < -0.39 is 5.97 Å². The van der Waals surface area contributed by atoms with Gasteiger partial charge in [-0.05, 0) is 37.0 Å². The van der Waals surface area contributed by atoms with Crippen molar-refractivity contribution >= 4 is 12.0 Å². The van der Waals surface area contributed by atoms with E-state index in [1.54, 1.807) is 0 Å². The maximum Gasteiger partial charge on any atom is 0.314 e. The highest BCUT2D eigenvalue weighted by Crippen LogP contribution is 2.38. The zero-order valence-corrected chi connectivity index (χ0v) is 13.4. The van der Waals surface area contributed by atoms with Crippen LogP contribution in [0.2, 0.25) is 0 Å². The van der Waals surface area contributed by atoms with Crippen molar-refractivity contribution in [1.29, 1.82) is 0 Å². The summed E-state index contributed by atoms with van der Waals surface area (Å²) in [6.07, 6.45) is 7.31. The maximum absolute atomic E-state index is 11.8. The van der Waals surface area contributed by atoms with E-state index in [4.69, 9.17) is 5.11 Å². The lowest BCUT2D eigenvalue weighted by Gasteiger charge is -2.36. The van der Waals surface area contributed by atoms with E-state index >= 15 is 0 Å². The second kappa shape index (κ2) is 8.90. The van der Waals surface area contributed by atoms with Gasteiger partial charge in [0.15, 0.2) is 0 Å². The molecular formula is C16H30N2O3. The Morgan fingerprint density at radius 1 is 1.14 bits per heavy atom. The van der Waals surface area contributed by atoms with Gasteiger partial charge in [-0.25, -0.2) is 4.79 Å². The Bertz CT molecular complexity index is 336. The zero-order valence-electron chi connectivity index (χ0n) is 13.4. The van der Waals surface area contributed by atoms with E-state index in [0.29, 0.717) is 19.0 Å². The molecule has 1 fully saturated rings. The predicted molar refractivity (Wildman–Crippen MR) is 83.2 cm³/mol. The average Bonchev–Trinajstić information content (AvgIpc) is 2.41. The summed E-state index contributed by atoms with van der Waals surface area (Å²) >= 11 is 0.